The van der Waals surface area contributed by atoms with E-state index in [0.717, 1.165) is 17.5 Å². The summed E-state index contributed by atoms with van der Waals surface area (Å²) >= 11 is 0. The minimum Gasteiger partial charge on any atom is -0.372 e. The Bertz CT molecular complexity index is 714. The first-order valence-corrected chi connectivity index (χ1v) is 8.35. The highest BCUT2D eigenvalue weighted by Crippen LogP contribution is 2.34. The first-order valence-electron chi connectivity index (χ1n) is 8.35. The second-order valence-corrected chi connectivity index (χ2v) is 6.17. The molecule has 0 radical (unpaired) electrons. The fourth-order valence-electron chi connectivity index (χ4n) is 3.28. The van der Waals surface area contributed by atoms with Crippen molar-refractivity contribution in [2.75, 3.05) is 6.61 Å². The van der Waals surface area contributed by atoms with E-state index in [-0.39, 0.29) is 29.8 Å². The Kier molecular flexibility index (Phi) is 4.95. The lowest BCUT2D eigenvalue weighted by Gasteiger charge is -2.23. The molecule has 1 N–H and O–H groups in total. The van der Waals surface area contributed by atoms with Crippen LogP contribution in [-0.2, 0) is 16.0 Å². The third-order valence-corrected chi connectivity index (χ3v) is 4.60. The third kappa shape index (κ3) is 3.34. The maximum Gasteiger partial charge on any atom is 0.227 e. The van der Waals surface area contributed by atoms with Crippen molar-refractivity contribution >= 4 is 5.91 Å². The predicted octanol–water partition coefficient (Wildman–Crippen LogP) is 3.75. The van der Waals surface area contributed by atoms with Gasteiger partial charge in [-0.1, -0.05) is 36.4 Å². The van der Waals surface area contributed by atoms with Gasteiger partial charge in [0.2, 0.25) is 5.91 Å². The predicted molar refractivity (Wildman–Crippen MR) is 91.3 cm³/mol. The Morgan fingerprint density at radius 3 is 2.67 bits per heavy atom. The average molecular weight is 327 g/mol. The Labute approximate surface area is 141 Å². The van der Waals surface area contributed by atoms with Crippen molar-refractivity contribution in [1.82, 2.24) is 5.32 Å². The van der Waals surface area contributed by atoms with Gasteiger partial charge >= 0.3 is 0 Å². The van der Waals surface area contributed by atoms with Crippen molar-refractivity contribution < 1.29 is 13.9 Å². The van der Waals surface area contributed by atoms with E-state index in [2.05, 4.69) is 17.4 Å². The lowest BCUT2D eigenvalue weighted by molar-refractivity contribution is -0.124. The van der Waals surface area contributed by atoms with Crippen LogP contribution >= 0.6 is 0 Å². The van der Waals surface area contributed by atoms with E-state index in [1.54, 1.807) is 12.1 Å². The highest BCUT2D eigenvalue weighted by molar-refractivity contribution is 5.83. The van der Waals surface area contributed by atoms with Crippen LogP contribution in [0.1, 0.15) is 42.6 Å². The molecule has 3 nitrogen and oxygen atoms in total. The summed E-state index contributed by atoms with van der Waals surface area (Å²) in [6.45, 7) is 4.39. The molecule has 3 atom stereocenters. The smallest absolute Gasteiger partial charge is 0.227 e. The molecule has 1 aliphatic carbocycles. The van der Waals surface area contributed by atoms with Crippen molar-refractivity contribution in [3.63, 3.8) is 0 Å². The molecule has 0 saturated heterocycles. The summed E-state index contributed by atoms with van der Waals surface area (Å²) in [6.07, 6.45) is 0.651. The summed E-state index contributed by atoms with van der Waals surface area (Å²) < 4.78 is 18.9. The number of fused-ring (bicyclic) bond motifs is 1. The molecule has 0 unspecified atom stereocenters. The largest absolute Gasteiger partial charge is 0.372 e. The standard InChI is InChI=1S/C20H22FNO2/c1-3-24-19-17-7-5-4-6-15(17)12-18(19)22-20(23)13(2)14-8-10-16(21)11-9-14/h4-11,13,18-19H,3,12H2,1-2H3,(H,22,23)/t13-,18+,19+/m0/s1. The third-order valence-electron chi connectivity index (χ3n) is 4.60. The summed E-state index contributed by atoms with van der Waals surface area (Å²) in [5.41, 5.74) is 3.17. The van der Waals surface area contributed by atoms with Crippen LogP contribution in [0.4, 0.5) is 4.39 Å². The van der Waals surface area contributed by atoms with E-state index in [4.69, 9.17) is 4.74 Å². The van der Waals surface area contributed by atoms with Gasteiger partial charge in [0.05, 0.1) is 12.0 Å². The van der Waals surface area contributed by atoms with E-state index in [9.17, 15) is 9.18 Å². The van der Waals surface area contributed by atoms with Gasteiger partial charge in [-0.05, 0) is 49.1 Å². The molecule has 0 heterocycles. The second-order valence-electron chi connectivity index (χ2n) is 6.17. The fraction of sp³-hybridized carbons (Fsp3) is 0.350. The van der Waals surface area contributed by atoms with E-state index in [1.165, 1.54) is 17.7 Å². The number of hydrogen-bond acceptors (Lipinski definition) is 2. The summed E-state index contributed by atoms with van der Waals surface area (Å²) in [5.74, 6) is -0.699. The minimum absolute atomic E-state index is 0.0656. The van der Waals surface area contributed by atoms with Crippen LogP contribution in [0.3, 0.4) is 0 Å². The van der Waals surface area contributed by atoms with Crippen molar-refractivity contribution in [2.24, 2.45) is 0 Å². The highest BCUT2D eigenvalue weighted by atomic mass is 19.1. The van der Waals surface area contributed by atoms with Crippen molar-refractivity contribution in [3.05, 3.63) is 71.0 Å². The van der Waals surface area contributed by atoms with Crippen LogP contribution in [0.5, 0.6) is 0 Å². The summed E-state index contributed by atoms with van der Waals surface area (Å²) in [4.78, 5) is 12.6. The van der Waals surface area contributed by atoms with Crippen LogP contribution in [-0.4, -0.2) is 18.6 Å². The lowest BCUT2D eigenvalue weighted by Crippen LogP contribution is -2.40. The number of hydrogen-bond donors (Lipinski definition) is 1. The number of carbonyl (C=O) groups excluding carboxylic acids is 1. The van der Waals surface area contributed by atoms with E-state index >= 15 is 0 Å². The highest BCUT2D eigenvalue weighted by Gasteiger charge is 2.34. The van der Waals surface area contributed by atoms with E-state index in [1.807, 2.05) is 26.0 Å². The molecular formula is C20H22FNO2. The molecule has 2 aromatic rings. The zero-order valence-electron chi connectivity index (χ0n) is 14.0. The zero-order chi connectivity index (χ0) is 17.1. The Hall–Kier alpha value is -2.20. The zero-order valence-corrected chi connectivity index (χ0v) is 14.0. The summed E-state index contributed by atoms with van der Waals surface area (Å²) in [6, 6.07) is 14.1. The number of halogens is 1. The molecule has 0 aliphatic heterocycles. The number of amides is 1. The van der Waals surface area contributed by atoms with Crippen molar-refractivity contribution in [2.45, 2.75) is 38.3 Å². The average Bonchev–Trinajstić information content (AvgIpc) is 2.93. The molecule has 24 heavy (non-hydrogen) atoms. The number of nitrogens with one attached hydrogen (secondary N) is 1. The molecule has 4 heteroatoms. The summed E-state index contributed by atoms with van der Waals surface area (Å²) in [5, 5.41) is 3.12. The second kappa shape index (κ2) is 7.14. The van der Waals surface area contributed by atoms with Crippen LogP contribution in [0, 0.1) is 5.82 Å². The molecule has 2 aromatic carbocycles. The SMILES string of the molecule is CCO[C@@H]1c2ccccc2C[C@H]1NC(=O)[C@@H](C)c1ccc(F)cc1. The number of benzene rings is 2. The molecule has 1 amide bonds. The van der Waals surface area contributed by atoms with Crippen LogP contribution in [0.15, 0.2) is 48.5 Å². The number of ether oxygens (including phenoxy) is 1. The van der Waals surface area contributed by atoms with Gasteiger partial charge < -0.3 is 10.1 Å². The fourth-order valence-corrected chi connectivity index (χ4v) is 3.28. The Morgan fingerprint density at radius 2 is 1.96 bits per heavy atom. The van der Waals surface area contributed by atoms with Crippen molar-refractivity contribution in [1.29, 1.82) is 0 Å². The lowest BCUT2D eigenvalue weighted by atomic mass is 9.99. The molecular weight excluding hydrogens is 305 g/mol. The van der Waals surface area contributed by atoms with Gasteiger partial charge in [-0.3, -0.25) is 4.79 Å². The normalized spacial score (nSPS) is 20.5. The molecule has 1 aliphatic rings. The maximum absolute atomic E-state index is 13.0. The van der Waals surface area contributed by atoms with Crippen molar-refractivity contribution in [3.8, 4) is 0 Å². The van der Waals surface area contributed by atoms with Gasteiger partial charge in [0.1, 0.15) is 11.9 Å². The first kappa shape index (κ1) is 16.7. The van der Waals surface area contributed by atoms with Gasteiger partial charge in [-0.15, -0.1) is 0 Å². The van der Waals surface area contributed by atoms with Gasteiger partial charge in [0.25, 0.3) is 0 Å². The number of rotatable bonds is 5. The summed E-state index contributed by atoms with van der Waals surface area (Å²) in [7, 11) is 0. The van der Waals surface area contributed by atoms with Crippen LogP contribution < -0.4 is 5.32 Å². The minimum atomic E-state index is -0.336. The molecule has 0 fully saturated rings. The van der Waals surface area contributed by atoms with Gasteiger partial charge in [-0.2, -0.15) is 0 Å². The quantitative estimate of drug-likeness (QED) is 0.908. The molecule has 0 spiro atoms. The van der Waals surface area contributed by atoms with E-state index in [0.29, 0.717) is 6.61 Å². The Balaban J connectivity index is 1.73. The van der Waals surface area contributed by atoms with Gasteiger partial charge in [0, 0.05) is 6.61 Å². The van der Waals surface area contributed by atoms with Gasteiger partial charge in [-0.25, -0.2) is 4.39 Å². The topological polar surface area (TPSA) is 38.3 Å². The Morgan fingerprint density at radius 1 is 1.25 bits per heavy atom. The van der Waals surface area contributed by atoms with Crippen LogP contribution in [0.2, 0.25) is 0 Å². The van der Waals surface area contributed by atoms with Crippen LogP contribution in [0.25, 0.3) is 0 Å². The molecule has 126 valence electrons. The van der Waals surface area contributed by atoms with E-state index < -0.39 is 0 Å². The molecule has 3 rings (SSSR count). The monoisotopic (exact) mass is 327 g/mol. The molecule has 0 saturated carbocycles. The molecule has 0 bridgehead atoms. The maximum atomic E-state index is 13.0. The first-order chi connectivity index (χ1) is 11.6. The van der Waals surface area contributed by atoms with Gasteiger partial charge in [0.15, 0.2) is 0 Å². The number of carbonyl (C=O) groups is 1. The molecule has 0 aromatic heterocycles.